The Morgan fingerprint density at radius 3 is 2.87 bits per heavy atom. The summed E-state index contributed by atoms with van der Waals surface area (Å²) in [6, 6.07) is 3.49. The molecule has 0 unspecified atom stereocenters. The van der Waals surface area contributed by atoms with Gasteiger partial charge in [-0.3, -0.25) is 0 Å². The summed E-state index contributed by atoms with van der Waals surface area (Å²) in [4.78, 5) is 0. The summed E-state index contributed by atoms with van der Waals surface area (Å²) < 4.78 is 20.1. The van der Waals surface area contributed by atoms with Crippen LogP contribution in [0.25, 0.3) is 0 Å². The molecule has 0 N–H and O–H groups in total. The first-order valence-electron chi connectivity index (χ1n) is 5.15. The summed E-state index contributed by atoms with van der Waals surface area (Å²) in [5, 5.41) is 0. The van der Waals surface area contributed by atoms with Crippen LogP contribution in [0.15, 0.2) is 16.6 Å². The lowest BCUT2D eigenvalue weighted by molar-refractivity contribution is 0.0773. The normalized spacial score (nSPS) is 20.5. The van der Waals surface area contributed by atoms with Gasteiger partial charge in [0.2, 0.25) is 0 Å². The van der Waals surface area contributed by atoms with Crippen LogP contribution in [0.3, 0.4) is 0 Å². The van der Waals surface area contributed by atoms with Gasteiger partial charge < -0.3 is 4.74 Å². The van der Waals surface area contributed by atoms with Crippen molar-refractivity contribution < 1.29 is 9.13 Å². The van der Waals surface area contributed by atoms with Crippen molar-refractivity contribution in [3.63, 3.8) is 0 Å². The number of rotatable bonds is 1. The minimum atomic E-state index is -0.110. The second-order valence-electron chi connectivity index (χ2n) is 4.33. The maximum absolute atomic E-state index is 13.9. The van der Waals surface area contributed by atoms with Crippen molar-refractivity contribution in [3.8, 4) is 0 Å². The van der Waals surface area contributed by atoms with E-state index in [0.717, 1.165) is 15.6 Å². The number of fused-ring (bicyclic) bond motifs is 1. The summed E-state index contributed by atoms with van der Waals surface area (Å²) in [5.74, 6) is 0.475. The molecule has 1 heterocycles. The van der Waals surface area contributed by atoms with E-state index in [9.17, 15) is 4.39 Å². The van der Waals surface area contributed by atoms with Gasteiger partial charge in [0.25, 0.3) is 0 Å². The lowest BCUT2D eigenvalue weighted by atomic mass is 9.84. The van der Waals surface area contributed by atoms with Crippen LogP contribution in [0, 0.1) is 11.7 Å². The average Bonchev–Trinajstić information content (AvgIpc) is 2.16. The molecule has 1 atom stereocenters. The van der Waals surface area contributed by atoms with E-state index >= 15 is 0 Å². The Kier molecular flexibility index (Phi) is 3.12. The van der Waals surface area contributed by atoms with Crippen molar-refractivity contribution in [2.45, 2.75) is 26.4 Å². The van der Waals surface area contributed by atoms with Gasteiger partial charge in [0, 0.05) is 10.4 Å². The van der Waals surface area contributed by atoms with Gasteiger partial charge in [0.1, 0.15) is 5.82 Å². The predicted molar refractivity (Wildman–Crippen MR) is 61.3 cm³/mol. The molecule has 1 aliphatic heterocycles. The largest absolute Gasteiger partial charge is 0.376 e. The van der Waals surface area contributed by atoms with Gasteiger partial charge in [-0.15, -0.1) is 0 Å². The third kappa shape index (κ3) is 2.08. The Morgan fingerprint density at radius 2 is 2.20 bits per heavy atom. The highest BCUT2D eigenvalue weighted by Crippen LogP contribution is 2.35. The van der Waals surface area contributed by atoms with E-state index in [1.165, 1.54) is 0 Å². The Hall–Kier alpha value is -0.410. The molecule has 0 amide bonds. The molecule has 3 heteroatoms. The third-order valence-electron chi connectivity index (χ3n) is 2.91. The Bertz CT molecular complexity index is 376. The first-order chi connectivity index (χ1) is 7.09. The average molecular weight is 273 g/mol. The van der Waals surface area contributed by atoms with E-state index in [2.05, 4.69) is 29.8 Å². The number of hydrogen-bond donors (Lipinski definition) is 0. The molecule has 0 spiro atoms. The molecule has 0 radical (unpaired) electrons. The molecule has 0 bridgehead atoms. The molecule has 1 nitrogen and oxygen atoms in total. The lowest BCUT2D eigenvalue weighted by Gasteiger charge is -2.29. The molecule has 0 aromatic heterocycles. The smallest absolute Gasteiger partial charge is 0.128 e. The Balaban J connectivity index is 2.51. The zero-order valence-corrected chi connectivity index (χ0v) is 10.5. The Morgan fingerprint density at radius 1 is 1.47 bits per heavy atom. The van der Waals surface area contributed by atoms with Crippen LogP contribution in [-0.2, 0) is 11.3 Å². The van der Waals surface area contributed by atoms with Crippen LogP contribution in [0.5, 0.6) is 0 Å². The minimum Gasteiger partial charge on any atom is -0.376 e. The highest BCUT2D eigenvalue weighted by atomic mass is 79.9. The molecule has 1 aliphatic rings. The van der Waals surface area contributed by atoms with E-state index in [1.54, 1.807) is 6.07 Å². The molecule has 1 aromatic rings. The van der Waals surface area contributed by atoms with Crippen LogP contribution in [0.1, 0.15) is 30.9 Å². The van der Waals surface area contributed by atoms with Gasteiger partial charge in [0.05, 0.1) is 13.2 Å². The molecule has 0 aliphatic carbocycles. The van der Waals surface area contributed by atoms with Crippen molar-refractivity contribution in [3.05, 3.63) is 33.5 Å². The van der Waals surface area contributed by atoms with Crippen LogP contribution < -0.4 is 0 Å². The van der Waals surface area contributed by atoms with E-state index in [1.807, 2.05) is 6.07 Å². The highest BCUT2D eigenvalue weighted by Gasteiger charge is 2.26. The first kappa shape index (κ1) is 11.1. The molecule has 1 aromatic carbocycles. The van der Waals surface area contributed by atoms with Crippen molar-refractivity contribution in [1.82, 2.24) is 0 Å². The second-order valence-corrected chi connectivity index (χ2v) is 5.24. The van der Waals surface area contributed by atoms with Gasteiger partial charge in [0.15, 0.2) is 0 Å². The van der Waals surface area contributed by atoms with Gasteiger partial charge >= 0.3 is 0 Å². The van der Waals surface area contributed by atoms with E-state index < -0.39 is 0 Å². The SMILES string of the molecule is CC(C)[C@@H]1COCc2cc(Br)cc(F)c21. The number of halogens is 2. The fourth-order valence-electron chi connectivity index (χ4n) is 2.08. The number of benzene rings is 1. The van der Waals surface area contributed by atoms with Crippen molar-refractivity contribution in [2.24, 2.45) is 5.92 Å². The maximum Gasteiger partial charge on any atom is 0.128 e. The van der Waals surface area contributed by atoms with Gasteiger partial charge in [-0.05, 0) is 29.2 Å². The highest BCUT2D eigenvalue weighted by molar-refractivity contribution is 9.10. The van der Waals surface area contributed by atoms with Crippen LogP contribution >= 0.6 is 15.9 Å². The zero-order valence-electron chi connectivity index (χ0n) is 8.89. The maximum atomic E-state index is 13.9. The second kappa shape index (κ2) is 4.22. The summed E-state index contributed by atoms with van der Waals surface area (Å²) in [5.41, 5.74) is 1.83. The molecule has 0 saturated carbocycles. The lowest BCUT2D eigenvalue weighted by Crippen LogP contribution is -2.22. The molecule has 15 heavy (non-hydrogen) atoms. The van der Waals surface area contributed by atoms with Crippen LogP contribution in [0.4, 0.5) is 4.39 Å². The van der Waals surface area contributed by atoms with Gasteiger partial charge in [-0.1, -0.05) is 29.8 Å². The summed E-state index contributed by atoms with van der Waals surface area (Å²) >= 11 is 3.30. The van der Waals surface area contributed by atoms with Gasteiger partial charge in [-0.2, -0.15) is 0 Å². The Labute approximate surface area is 97.8 Å². The third-order valence-corrected chi connectivity index (χ3v) is 3.37. The monoisotopic (exact) mass is 272 g/mol. The van der Waals surface area contributed by atoms with E-state index in [0.29, 0.717) is 19.1 Å². The van der Waals surface area contributed by atoms with E-state index in [-0.39, 0.29) is 11.7 Å². The molecule has 2 rings (SSSR count). The molecular formula is C12H14BrFO. The van der Waals surface area contributed by atoms with Crippen molar-refractivity contribution in [2.75, 3.05) is 6.61 Å². The van der Waals surface area contributed by atoms with Crippen LogP contribution in [-0.4, -0.2) is 6.61 Å². The molecule has 82 valence electrons. The topological polar surface area (TPSA) is 9.23 Å². The van der Waals surface area contributed by atoms with Gasteiger partial charge in [-0.25, -0.2) is 4.39 Å². The standard InChI is InChI=1S/C12H14BrFO/c1-7(2)10-6-15-5-8-3-9(13)4-11(14)12(8)10/h3-4,7,10H,5-6H2,1-2H3/t10-/m0/s1. The molecular weight excluding hydrogens is 259 g/mol. The van der Waals surface area contributed by atoms with Crippen molar-refractivity contribution >= 4 is 15.9 Å². The number of hydrogen-bond acceptors (Lipinski definition) is 1. The van der Waals surface area contributed by atoms with Crippen molar-refractivity contribution in [1.29, 1.82) is 0 Å². The number of ether oxygens (including phenoxy) is 1. The quantitative estimate of drug-likeness (QED) is 0.755. The fourth-order valence-corrected chi connectivity index (χ4v) is 2.55. The molecule has 0 fully saturated rings. The first-order valence-corrected chi connectivity index (χ1v) is 5.94. The zero-order chi connectivity index (χ0) is 11.0. The van der Waals surface area contributed by atoms with E-state index in [4.69, 9.17) is 4.74 Å². The predicted octanol–water partition coefficient (Wildman–Crippen LogP) is 3.86. The fraction of sp³-hybridized carbons (Fsp3) is 0.500. The summed E-state index contributed by atoms with van der Waals surface area (Å²) in [6.07, 6.45) is 0. The molecule has 0 saturated heterocycles. The summed E-state index contributed by atoms with van der Waals surface area (Å²) in [7, 11) is 0. The minimum absolute atomic E-state index is 0.110. The van der Waals surface area contributed by atoms with Crippen LogP contribution in [0.2, 0.25) is 0 Å². The summed E-state index contributed by atoms with van der Waals surface area (Å²) in [6.45, 7) is 5.35.